The van der Waals surface area contributed by atoms with Gasteiger partial charge in [0.2, 0.25) is 0 Å². The minimum Gasteiger partial charge on any atom is -0.490 e. The molecular formula is C19H31NO2. The molecule has 0 amide bonds. The van der Waals surface area contributed by atoms with E-state index < -0.39 is 0 Å². The van der Waals surface area contributed by atoms with Crippen molar-refractivity contribution in [2.45, 2.75) is 58.5 Å². The van der Waals surface area contributed by atoms with E-state index in [1.54, 1.807) is 0 Å². The van der Waals surface area contributed by atoms with Crippen molar-refractivity contribution in [3.05, 3.63) is 24.3 Å². The average Bonchev–Trinajstić information content (AvgIpc) is 2.77. The first-order chi connectivity index (χ1) is 10.8. The molecule has 0 spiro atoms. The van der Waals surface area contributed by atoms with E-state index in [9.17, 15) is 0 Å². The van der Waals surface area contributed by atoms with Crippen LogP contribution in [0.25, 0.3) is 0 Å². The molecule has 1 aromatic carbocycles. The lowest BCUT2D eigenvalue weighted by Gasteiger charge is -2.19. The molecule has 0 radical (unpaired) electrons. The zero-order chi connectivity index (χ0) is 15.6. The minimum absolute atomic E-state index is 0.174. The lowest BCUT2D eigenvalue weighted by atomic mass is 10.2. The molecule has 0 saturated carbocycles. The molecule has 0 atom stereocenters. The van der Waals surface area contributed by atoms with Crippen LogP contribution in [-0.2, 0) is 0 Å². The first-order valence-electron chi connectivity index (χ1n) is 8.86. The van der Waals surface area contributed by atoms with Crippen LogP contribution in [0, 0.1) is 0 Å². The van der Waals surface area contributed by atoms with Crippen molar-refractivity contribution in [1.82, 2.24) is 4.90 Å². The number of nitrogens with zero attached hydrogens (tertiary/aromatic N) is 1. The number of rotatable bonds is 8. The smallest absolute Gasteiger partial charge is 0.161 e. The lowest BCUT2D eigenvalue weighted by Crippen LogP contribution is -2.25. The monoisotopic (exact) mass is 305 g/mol. The summed E-state index contributed by atoms with van der Waals surface area (Å²) in [5.74, 6) is 1.72. The maximum Gasteiger partial charge on any atom is 0.161 e. The quantitative estimate of drug-likeness (QED) is 0.660. The highest BCUT2D eigenvalue weighted by Crippen LogP contribution is 2.27. The Morgan fingerprint density at radius 2 is 1.64 bits per heavy atom. The molecule has 0 bridgehead atoms. The molecule has 0 N–H and O–H groups in total. The van der Waals surface area contributed by atoms with Crippen molar-refractivity contribution in [2.24, 2.45) is 0 Å². The first-order valence-corrected chi connectivity index (χ1v) is 8.86. The van der Waals surface area contributed by atoms with Crippen LogP contribution < -0.4 is 9.47 Å². The van der Waals surface area contributed by atoms with Crippen LogP contribution >= 0.6 is 0 Å². The molecule has 0 unspecified atom stereocenters. The highest BCUT2D eigenvalue weighted by molar-refractivity contribution is 5.39. The van der Waals surface area contributed by atoms with Gasteiger partial charge in [0.1, 0.15) is 0 Å². The van der Waals surface area contributed by atoms with Crippen LogP contribution in [0.15, 0.2) is 24.3 Å². The second kappa shape index (κ2) is 9.73. The summed E-state index contributed by atoms with van der Waals surface area (Å²) >= 11 is 0. The molecule has 1 aliphatic heterocycles. The Bertz CT molecular complexity index is 412. The third-order valence-electron chi connectivity index (χ3n) is 4.04. The normalized spacial score (nSPS) is 16.5. The Morgan fingerprint density at radius 3 is 2.32 bits per heavy atom. The topological polar surface area (TPSA) is 21.7 Å². The fourth-order valence-electron chi connectivity index (χ4n) is 2.90. The van der Waals surface area contributed by atoms with E-state index in [1.165, 1.54) is 51.7 Å². The van der Waals surface area contributed by atoms with Gasteiger partial charge in [-0.3, -0.25) is 0 Å². The highest BCUT2D eigenvalue weighted by Gasteiger charge is 2.09. The number of hydrogen-bond donors (Lipinski definition) is 0. The van der Waals surface area contributed by atoms with Gasteiger partial charge >= 0.3 is 0 Å². The third-order valence-corrected chi connectivity index (χ3v) is 4.04. The van der Waals surface area contributed by atoms with Gasteiger partial charge in [0.05, 0.1) is 12.7 Å². The Hall–Kier alpha value is -1.22. The summed E-state index contributed by atoms with van der Waals surface area (Å²) in [4.78, 5) is 2.61. The molecule has 2 rings (SSSR count). The predicted octanol–water partition coefficient (Wildman–Crippen LogP) is 4.51. The maximum absolute atomic E-state index is 5.91. The van der Waals surface area contributed by atoms with Gasteiger partial charge in [-0.1, -0.05) is 25.0 Å². The van der Waals surface area contributed by atoms with E-state index in [0.717, 1.165) is 24.5 Å². The number of likely N-dealkylation sites (tertiary alicyclic amines) is 1. The van der Waals surface area contributed by atoms with E-state index in [-0.39, 0.29) is 6.10 Å². The van der Waals surface area contributed by atoms with Gasteiger partial charge in [-0.2, -0.15) is 0 Å². The van der Waals surface area contributed by atoms with E-state index in [4.69, 9.17) is 9.47 Å². The van der Waals surface area contributed by atoms with Crippen molar-refractivity contribution in [1.29, 1.82) is 0 Å². The number of ether oxygens (including phenoxy) is 2. The molecule has 1 aromatic rings. The molecule has 1 fully saturated rings. The van der Waals surface area contributed by atoms with E-state index in [2.05, 4.69) is 4.90 Å². The lowest BCUT2D eigenvalue weighted by molar-refractivity contribution is 0.216. The van der Waals surface area contributed by atoms with Crippen molar-refractivity contribution in [3.8, 4) is 11.5 Å². The molecule has 0 aliphatic carbocycles. The molecule has 0 aromatic heterocycles. The molecule has 3 nitrogen and oxygen atoms in total. The Morgan fingerprint density at radius 1 is 0.955 bits per heavy atom. The standard InChI is InChI=1S/C19H31NO2/c1-17(2)22-19-12-6-5-11-18(19)21-16-10-9-15-20-13-7-3-4-8-14-20/h5-6,11-12,17H,3-4,7-10,13-16H2,1-2H3. The summed E-state index contributed by atoms with van der Waals surface area (Å²) in [6.07, 6.45) is 8.05. The van der Waals surface area contributed by atoms with Gasteiger partial charge in [-0.05, 0) is 71.3 Å². The summed E-state index contributed by atoms with van der Waals surface area (Å²) in [5, 5.41) is 0. The van der Waals surface area contributed by atoms with Gasteiger partial charge in [-0.25, -0.2) is 0 Å². The van der Waals surface area contributed by atoms with Crippen LogP contribution in [0.2, 0.25) is 0 Å². The fourth-order valence-corrected chi connectivity index (χ4v) is 2.90. The summed E-state index contributed by atoms with van der Waals surface area (Å²) in [6, 6.07) is 7.96. The van der Waals surface area contributed by atoms with E-state index in [0.29, 0.717) is 0 Å². The van der Waals surface area contributed by atoms with Crippen LogP contribution in [0.3, 0.4) is 0 Å². The maximum atomic E-state index is 5.91. The Kier molecular flexibility index (Phi) is 7.58. The number of hydrogen-bond acceptors (Lipinski definition) is 3. The molecular weight excluding hydrogens is 274 g/mol. The average molecular weight is 305 g/mol. The molecule has 1 saturated heterocycles. The minimum atomic E-state index is 0.174. The van der Waals surface area contributed by atoms with Crippen molar-refractivity contribution in [3.63, 3.8) is 0 Å². The fraction of sp³-hybridized carbons (Fsp3) is 0.684. The van der Waals surface area contributed by atoms with Crippen molar-refractivity contribution < 1.29 is 9.47 Å². The number of benzene rings is 1. The van der Waals surface area contributed by atoms with Crippen LogP contribution in [0.1, 0.15) is 52.4 Å². The van der Waals surface area contributed by atoms with Gasteiger partial charge < -0.3 is 14.4 Å². The second-order valence-electron chi connectivity index (χ2n) is 6.42. The van der Waals surface area contributed by atoms with Crippen LogP contribution in [-0.4, -0.2) is 37.2 Å². The van der Waals surface area contributed by atoms with Crippen molar-refractivity contribution in [2.75, 3.05) is 26.2 Å². The Balaban J connectivity index is 1.66. The first kappa shape index (κ1) is 17.1. The molecule has 1 heterocycles. The van der Waals surface area contributed by atoms with Gasteiger partial charge in [0.25, 0.3) is 0 Å². The number of para-hydroxylation sites is 2. The summed E-state index contributed by atoms with van der Waals surface area (Å²) < 4.78 is 11.7. The molecule has 22 heavy (non-hydrogen) atoms. The van der Waals surface area contributed by atoms with Gasteiger partial charge in [0.15, 0.2) is 11.5 Å². The van der Waals surface area contributed by atoms with Crippen LogP contribution in [0.5, 0.6) is 11.5 Å². The van der Waals surface area contributed by atoms with Crippen LogP contribution in [0.4, 0.5) is 0 Å². The number of unbranched alkanes of at least 4 members (excludes halogenated alkanes) is 1. The van der Waals surface area contributed by atoms with E-state index in [1.807, 2.05) is 38.1 Å². The molecule has 1 aliphatic rings. The van der Waals surface area contributed by atoms with Gasteiger partial charge in [-0.15, -0.1) is 0 Å². The highest BCUT2D eigenvalue weighted by atomic mass is 16.5. The predicted molar refractivity (Wildman–Crippen MR) is 91.8 cm³/mol. The Labute approximate surface area is 135 Å². The van der Waals surface area contributed by atoms with Gasteiger partial charge in [0, 0.05) is 0 Å². The summed E-state index contributed by atoms with van der Waals surface area (Å²) in [5.41, 5.74) is 0. The van der Waals surface area contributed by atoms with E-state index >= 15 is 0 Å². The zero-order valence-electron chi connectivity index (χ0n) is 14.2. The second-order valence-corrected chi connectivity index (χ2v) is 6.42. The largest absolute Gasteiger partial charge is 0.490 e. The third kappa shape index (κ3) is 6.27. The summed E-state index contributed by atoms with van der Waals surface area (Å²) in [6.45, 7) is 8.63. The zero-order valence-corrected chi connectivity index (χ0v) is 14.2. The summed E-state index contributed by atoms with van der Waals surface area (Å²) in [7, 11) is 0. The molecule has 124 valence electrons. The SMILES string of the molecule is CC(C)Oc1ccccc1OCCCCN1CCCCCC1. The van der Waals surface area contributed by atoms with Crippen molar-refractivity contribution >= 4 is 0 Å². The molecule has 3 heteroatoms.